The number of hydrogen-bond acceptors (Lipinski definition) is 4. The van der Waals surface area contributed by atoms with E-state index in [2.05, 4.69) is 23.1 Å². The van der Waals surface area contributed by atoms with Crippen LogP contribution < -0.4 is 5.73 Å². The van der Waals surface area contributed by atoms with E-state index in [0.717, 1.165) is 38.0 Å². The first-order valence-corrected chi connectivity index (χ1v) is 9.88. The van der Waals surface area contributed by atoms with Crippen molar-refractivity contribution in [2.75, 3.05) is 26.7 Å². The Bertz CT molecular complexity index is 790. The zero-order chi connectivity index (χ0) is 20.3. The van der Waals surface area contributed by atoms with Crippen LogP contribution in [0.25, 0.3) is 0 Å². The van der Waals surface area contributed by atoms with Gasteiger partial charge in [0.2, 0.25) is 5.91 Å². The van der Waals surface area contributed by atoms with Crippen molar-refractivity contribution in [3.05, 3.63) is 53.6 Å². The number of aromatic nitrogens is 2. The topological polar surface area (TPSA) is 67.4 Å². The van der Waals surface area contributed by atoms with Gasteiger partial charge in [0.25, 0.3) is 0 Å². The van der Waals surface area contributed by atoms with Gasteiger partial charge < -0.3 is 5.73 Å². The highest BCUT2D eigenvalue weighted by molar-refractivity contribution is 5.81. The molecule has 0 spiro atoms. The molecule has 7 heteroatoms. The van der Waals surface area contributed by atoms with Gasteiger partial charge in [-0.05, 0) is 56.6 Å². The highest BCUT2D eigenvalue weighted by Crippen LogP contribution is 2.37. The minimum Gasteiger partial charge on any atom is -0.368 e. The molecule has 0 saturated carbocycles. The van der Waals surface area contributed by atoms with Crippen LogP contribution >= 0.6 is 0 Å². The molecule has 3 rings (SSSR count). The van der Waals surface area contributed by atoms with Gasteiger partial charge in [-0.1, -0.05) is 19.1 Å². The van der Waals surface area contributed by atoms with E-state index < -0.39 is 11.9 Å². The maximum Gasteiger partial charge on any atom is 0.239 e. The number of carbonyl (C=O) groups excluding carboxylic acids is 1. The molecule has 2 aromatic rings. The fraction of sp³-hybridized carbons (Fsp3) is 0.524. The zero-order valence-corrected chi connectivity index (χ0v) is 16.9. The second kappa shape index (κ2) is 8.84. The third kappa shape index (κ3) is 4.42. The predicted octanol–water partition coefficient (Wildman–Crippen LogP) is 2.49. The van der Waals surface area contributed by atoms with Crippen molar-refractivity contribution in [1.82, 2.24) is 19.6 Å². The van der Waals surface area contributed by atoms with Crippen molar-refractivity contribution in [1.29, 1.82) is 0 Å². The molecule has 1 aliphatic heterocycles. The van der Waals surface area contributed by atoms with E-state index in [-0.39, 0.29) is 11.9 Å². The molecule has 1 saturated heterocycles. The number of likely N-dealkylation sites (tertiary alicyclic amines) is 1. The van der Waals surface area contributed by atoms with Crippen LogP contribution in [0.15, 0.2) is 36.7 Å². The van der Waals surface area contributed by atoms with Gasteiger partial charge in [0.05, 0.1) is 6.20 Å². The molecular weight excluding hydrogens is 357 g/mol. The maximum atomic E-state index is 13.3. The molecule has 1 aromatic heterocycles. The van der Waals surface area contributed by atoms with Gasteiger partial charge in [0.15, 0.2) is 0 Å². The molecule has 0 unspecified atom stereocenters. The zero-order valence-electron chi connectivity index (χ0n) is 16.9. The van der Waals surface area contributed by atoms with Crippen molar-refractivity contribution < 1.29 is 9.18 Å². The maximum absolute atomic E-state index is 13.3. The monoisotopic (exact) mass is 387 g/mol. The molecule has 3 atom stereocenters. The summed E-state index contributed by atoms with van der Waals surface area (Å²) in [6.45, 7) is 4.94. The number of nitrogens with two attached hydrogens (primary N) is 1. The normalized spacial score (nSPS) is 21.8. The SMILES string of the molecule is CCN1CCC[C@@H](CN(C)[C@@H](C(N)=O)c2ccc(F)cc2)[C@@H]1c1cnn(C)c1. The molecule has 1 fully saturated rings. The Balaban J connectivity index is 1.83. The Morgan fingerprint density at radius 3 is 2.68 bits per heavy atom. The van der Waals surface area contributed by atoms with Crippen LogP contribution in [0.2, 0.25) is 0 Å². The number of piperidine rings is 1. The van der Waals surface area contributed by atoms with E-state index in [4.69, 9.17) is 5.73 Å². The first-order valence-electron chi connectivity index (χ1n) is 9.88. The number of rotatable bonds is 7. The number of aryl methyl sites for hydroxylation is 1. The van der Waals surface area contributed by atoms with Crippen molar-refractivity contribution in [3.8, 4) is 0 Å². The van der Waals surface area contributed by atoms with Gasteiger partial charge in [-0.25, -0.2) is 4.39 Å². The van der Waals surface area contributed by atoms with E-state index in [1.54, 1.807) is 12.1 Å². The molecular formula is C21H30FN5O. The number of benzene rings is 1. The molecule has 2 heterocycles. The van der Waals surface area contributed by atoms with E-state index in [1.165, 1.54) is 17.7 Å². The van der Waals surface area contributed by atoms with Crippen molar-refractivity contribution in [2.45, 2.75) is 31.8 Å². The van der Waals surface area contributed by atoms with Crippen molar-refractivity contribution in [2.24, 2.45) is 18.7 Å². The summed E-state index contributed by atoms with van der Waals surface area (Å²) in [4.78, 5) is 16.7. The highest BCUT2D eigenvalue weighted by Gasteiger charge is 2.35. The molecule has 1 aliphatic rings. The summed E-state index contributed by atoms with van der Waals surface area (Å²) < 4.78 is 15.1. The smallest absolute Gasteiger partial charge is 0.239 e. The van der Waals surface area contributed by atoms with E-state index in [9.17, 15) is 9.18 Å². The summed E-state index contributed by atoms with van der Waals surface area (Å²) in [7, 11) is 3.85. The Kier molecular flexibility index (Phi) is 6.46. The average molecular weight is 388 g/mol. The first-order chi connectivity index (χ1) is 13.4. The molecule has 0 radical (unpaired) electrons. The van der Waals surface area contributed by atoms with Gasteiger partial charge in [-0.2, -0.15) is 5.10 Å². The number of nitrogens with zero attached hydrogens (tertiary/aromatic N) is 4. The number of hydrogen-bond donors (Lipinski definition) is 1. The summed E-state index contributed by atoms with van der Waals surface area (Å²) in [6, 6.07) is 5.70. The molecule has 152 valence electrons. The standard InChI is InChI=1S/C21H30FN5O/c1-4-27-11-5-6-16(19(27)17-12-24-26(3)14-17)13-25(2)20(21(23)28)15-7-9-18(22)10-8-15/h7-10,12,14,16,19-20H,4-6,11,13H2,1-3H3,(H2,23,28)/t16-,19+,20+/m0/s1. The Morgan fingerprint density at radius 2 is 2.11 bits per heavy atom. The van der Waals surface area contributed by atoms with Gasteiger partial charge in [0.1, 0.15) is 11.9 Å². The van der Waals surface area contributed by atoms with E-state index in [0.29, 0.717) is 5.92 Å². The minimum absolute atomic E-state index is 0.261. The lowest BCUT2D eigenvalue weighted by Crippen LogP contribution is -2.45. The van der Waals surface area contributed by atoms with Crippen LogP contribution in [0.1, 0.15) is 43.0 Å². The predicted molar refractivity (Wildman–Crippen MR) is 107 cm³/mol. The fourth-order valence-corrected chi connectivity index (χ4v) is 4.53. The molecule has 0 aliphatic carbocycles. The number of likely N-dealkylation sites (N-methyl/N-ethyl adjacent to an activating group) is 1. The molecule has 28 heavy (non-hydrogen) atoms. The average Bonchev–Trinajstić information content (AvgIpc) is 3.09. The Labute approximate surface area is 166 Å². The minimum atomic E-state index is -0.577. The van der Waals surface area contributed by atoms with Crippen LogP contribution in [0.3, 0.4) is 0 Å². The van der Waals surface area contributed by atoms with Gasteiger partial charge in [0, 0.05) is 31.4 Å². The second-order valence-corrected chi connectivity index (χ2v) is 7.72. The lowest BCUT2D eigenvalue weighted by atomic mass is 9.85. The van der Waals surface area contributed by atoms with Crippen LogP contribution in [-0.4, -0.2) is 52.2 Å². The number of primary amides is 1. The largest absolute Gasteiger partial charge is 0.368 e. The molecule has 1 aromatic carbocycles. The molecule has 1 amide bonds. The summed E-state index contributed by atoms with van der Waals surface area (Å²) in [6.07, 6.45) is 6.23. The van der Waals surface area contributed by atoms with Gasteiger partial charge >= 0.3 is 0 Å². The molecule has 6 nitrogen and oxygen atoms in total. The second-order valence-electron chi connectivity index (χ2n) is 7.72. The van der Waals surface area contributed by atoms with Crippen LogP contribution in [0.4, 0.5) is 4.39 Å². The fourth-order valence-electron chi connectivity index (χ4n) is 4.53. The van der Waals surface area contributed by atoms with Gasteiger partial charge in [-0.15, -0.1) is 0 Å². The van der Waals surface area contributed by atoms with E-state index in [1.807, 2.05) is 29.9 Å². The number of amides is 1. The summed E-state index contributed by atoms with van der Waals surface area (Å²) in [5, 5.41) is 4.36. The summed E-state index contributed by atoms with van der Waals surface area (Å²) in [5.41, 5.74) is 7.65. The lowest BCUT2D eigenvalue weighted by molar-refractivity contribution is -0.123. The highest BCUT2D eigenvalue weighted by atomic mass is 19.1. The summed E-state index contributed by atoms with van der Waals surface area (Å²) >= 11 is 0. The van der Waals surface area contributed by atoms with Crippen LogP contribution in [0.5, 0.6) is 0 Å². The van der Waals surface area contributed by atoms with Crippen LogP contribution in [-0.2, 0) is 11.8 Å². The van der Waals surface area contributed by atoms with Crippen molar-refractivity contribution in [3.63, 3.8) is 0 Å². The third-order valence-electron chi connectivity index (χ3n) is 5.75. The third-order valence-corrected chi connectivity index (χ3v) is 5.75. The Hall–Kier alpha value is -2.25. The van der Waals surface area contributed by atoms with Crippen LogP contribution in [0, 0.1) is 11.7 Å². The van der Waals surface area contributed by atoms with Crippen molar-refractivity contribution >= 4 is 5.91 Å². The quantitative estimate of drug-likeness (QED) is 0.793. The molecule has 0 bridgehead atoms. The lowest BCUT2D eigenvalue weighted by Gasteiger charge is -2.42. The van der Waals surface area contributed by atoms with E-state index >= 15 is 0 Å². The molecule has 2 N–H and O–H groups in total. The number of halogens is 1. The summed E-state index contributed by atoms with van der Waals surface area (Å²) in [5.74, 6) is -0.391. The first kappa shape index (κ1) is 20.5. The Morgan fingerprint density at radius 1 is 1.39 bits per heavy atom. The number of carbonyl (C=O) groups is 1. The van der Waals surface area contributed by atoms with Gasteiger partial charge in [-0.3, -0.25) is 19.3 Å².